The zero-order chi connectivity index (χ0) is 15.4. The maximum Gasteiger partial charge on any atom is -0.0343 e. The third kappa shape index (κ3) is 20.1. The van der Waals surface area contributed by atoms with Gasteiger partial charge in [0, 0.05) is 0 Å². The van der Waals surface area contributed by atoms with E-state index < -0.39 is 0 Å². The summed E-state index contributed by atoms with van der Waals surface area (Å²) < 4.78 is 0. The lowest BCUT2D eigenvalue weighted by molar-refractivity contribution is 0.530. The Bertz CT molecular complexity index is 198. The second kappa shape index (κ2) is 20.1. The molecule has 0 radical (unpaired) electrons. The molecule has 0 nitrogen and oxygen atoms in total. The highest BCUT2D eigenvalue weighted by Crippen LogP contribution is 2.14. The van der Waals surface area contributed by atoms with E-state index in [0.717, 1.165) is 0 Å². The first kappa shape index (κ1) is 21.1. The van der Waals surface area contributed by atoms with E-state index in [2.05, 4.69) is 25.6 Å². The van der Waals surface area contributed by atoms with Crippen LogP contribution in [0.1, 0.15) is 116 Å². The summed E-state index contributed by atoms with van der Waals surface area (Å²) in [4.78, 5) is 0. The normalized spacial score (nSPS) is 11.5. The number of unbranched alkanes of at least 4 members (excludes halogenated alkanes) is 16. The Kier molecular flexibility index (Phi) is 20.2. The van der Waals surface area contributed by atoms with Crippen molar-refractivity contribution in [3.63, 3.8) is 0 Å². The Balaban J connectivity index is 2.93. The fraction of sp³-hybridized carbons (Fsp3) is 0.900. The van der Waals surface area contributed by atoms with Gasteiger partial charge in [-0.15, -0.1) is 0 Å². The van der Waals surface area contributed by atoms with Crippen LogP contribution in [0.2, 0.25) is 0 Å². The summed E-state index contributed by atoms with van der Waals surface area (Å²) in [7, 11) is 0. The van der Waals surface area contributed by atoms with Crippen LogP contribution in [-0.2, 0) is 0 Å². The average molecular weight is 313 g/mol. The molecule has 0 aliphatic rings. The van der Waals surface area contributed by atoms with Crippen LogP contribution in [0.4, 0.5) is 0 Å². The first-order chi connectivity index (χ1) is 10.4. The van der Waals surface area contributed by atoms with Crippen LogP contribution in [-0.4, -0.2) is 0 Å². The summed E-state index contributed by atoms with van der Waals surface area (Å²) in [6.45, 7) is 2.29. The SMILES string of the molecule is CCCCCCCCCCCCCCCCCCC=CS. The molecule has 0 atom stereocenters. The predicted molar refractivity (Wildman–Crippen MR) is 102 cm³/mol. The molecule has 0 unspecified atom stereocenters. The summed E-state index contributed by atoms with van der Waals surface area (Å²) in [6, 6.07) is 0. The monoisotopic (exact) mass is 312 g/mol. The van der Waals surface area contributed by atoms with E-state index in [1.165, 1.54) is 109 Å². The van der Waals surface area contributed by atoms with Crippen LogP contribution in [0.3, 0.4) is 0 Å². The summed E-state index contributed by atoms with van der Waals surface area (Å²) in [5, 5.41) is 1.87. The van der Waals surface area contributed by atoms with Gasteiger partial charge in [0.25, 0.3) is 0 Å². The van der Waals surface area contributed by atoms with Crippen LogP contribution in [0.25, 0.3) is 0 Å². The van der Waals surface area contributed by atoms with Gasteiger partial charge in [-0.2, -0.15) is 12.6 Å². The third-order valence-electron chi connectivity index (χ3n) is 4.33. The van der Waals surface area contributed by atoms with Crippen molar-refractivity contribution >= 4 is 12.6 Å². The Morgan fingerprint density at radius 1 is 0.524 bits per heavy atom. The topological polar surface area (TPSA) is 0 Å². The smallest absolute Gasteiger partial charge is 0.0343 e. The minimum atomic E-state index is 1.21. The molecule has 0 aromatic rings. The molecule has 21 heavy (non-hydrogen) atoms. The second-order valence-corrected chi connectivity index (χ2v) is 6.77. The van der Waals surface area contributed by atoms with E-state index in [1.807, 2.05) is 5.41 Å². The van der Waals surface area contributed by atoms with E-state index in [9.17, 15) is 0 Å². The van der Waals surface area contributed by atoms with Crippen molar-refractivity contribution in [1.29, 1.82) is 0 Å². The van der Waals surface area contributed by atoms with Gasteiger partial charge in [0.2, 0.25) is 0 Å². The van der Waals surface area contributed by atoms with Crippen molar-refractivity contribution in [1.82, 2.24) is 0 Å². The van der Waals surface area contributed by atoms with E-state index in [1.54, 1.807) is 0 Å². The number of hydrogen-bond donors (Lipinski definition) is 1. The molecule has 126 valence electrons. The van der Waals surface area contributed by atoms with Gasteiger partial charge in [-0.3, -0.25) is 0 Å². The van der Waals surface area contributed by atoms with E-state index in [-0.39, 0.29) is 0 Å². The Labute approximate surface area is 140 Å². The van der Waals surface area contributed by atoms with E-state index in [4.69, 9.17) is 0 Å². The lowest BCUT2D eigenvalue weighted by Gasteiger charge is -2.03. The third-order valence-corrected chi connectivity index (χ3v) is 4.54. The molecule has 0 saturated carbocycles. The molecule has 0 fully saturated rings. The molecule has 0 spiro atoms. The summed E-state index contributed by atoms with van der Waals surface area (Å²) >= 11 is 4.07. The number of allylic oxidation sites excluding steroid dienone is 1. The predicted octanol–water partition coefficient (Wildman–Crippen LogP) is 8.08. The van der Waals surface area contributed by atoms with E-state index in [0.29, 0.717) is 0 Å². The Morgan fingerprint density at radius 2 is 0.857 bits per heavy atom. The standard InChI is InChI=1S/C20H40S/c1-2-3-4-5-6-7-8-9-10-11-12-13-14-15-16-17-18-19-20-21/h19-21H,2-18H2,1H3. The van der Waals surface area contributed by atoms with Gasteiger partial charge in [-0.1, -0.05) is 109 Å². The number of thiol groups is 1. The largest absolute Gasteiger partial charge is 0.152 e. The van der Waals surface area contributed by atoms with Gasteiger partial charge < -0.3 is 0 Å². The second-order valence-electron chi connectivity index (χ2n) is 6.48. The number of rotatable bonds is 17. The van der Waals surface area contributed by atoms with Crippen molar-refractivity contribution in [3.8, 4) is 0 Å². The van der Waals surface area contributed by atoms with Crippen LogP contribution >= 0.6 is 12.6 Å². The van der Waals surface area contributed by atoms with Crippen LogP contribution in [0.5, 0.6) is 0 Å². The van der Waals surface area contributed by atoms with Crippen molar-refractivity contribution in [2.24, 2.45) is 0 Å². The highest BCUT2D eigenvalue weighted by molar-refractivity contribution is 7.83. The molecule has 0 saturated heterocycles. The minimum Gasteiger partial charge on any atom is -0.152 e. The minimum absolute atomic E-state index is 1.21. The van der Waals surface area contributed by atoms with Crippen molar-refractivity contribution in [3.05, 3.63) is 11.5 Å². The van der Waals surface area contributed by atoms with Crippen LogP contribution in [0, 0.1) is 0 Å². The van der Waals surface area contributed by atoms with Crippen molar-refractivity contribution in [2.75, 3.05) is 0 Å². The number of hydrogen-bond acceptors (Lipinski definition) is 1. The molecule has 0 aromatic heterocycles. The van der Waals surface area contributed by atoms with Gasteiger partial charge in [-0.25, -0.2) is 0 Å². The summed E-state index contributed by atoms with van der Waals surface area (Å²) in [6.07, 6.45) is 26.5. The van der Waals surface area contributed by atoms with Gasteiger partial charge >= 0.3 is 0 Å². The first-order valence-electron chi connectivity index (χ1n) is 9.71. The molecule has 0 bridgehead atoms. The molecule has 0 N–H and O–H groups in total. The highest BCUT2D eigenvalue weighted by atomic mass is 32.1. The molecule has 1 heteroatoms. The van der Waals surface area contributed by atoms with Crippen LogP contribution in [0.15, 0.2) is 11.5 Å². The fourth-order valence-corrected chi connectivity index (χ4v) is 3.03. The van der Waals surface area contributed by atoms with Crippen molar-refractivity contribution in [2.45, 2.75) is 116 Å². The summed E-state index contributed by atoms with van der Waals surface area (Å²) in [5.41, 5.74) is 0. The van der Waals surface area contributed by atoms with Gasteiger partial charge in [0.15, 0.2) is 0 Å². The lowest BCUT2D eigenvalue weighted by Crippen LogP contribution is -1.83. The lowest BCUT2D eigenvalue weighted by atomic mass is 10.0. The quantitative estimate of drug-likeness (QED) is 0.204. The summed E-state index contributed by atoms with van der Waals surface area (Å²) in [5.74, 6) is 0. The van der Waals surface area contributed by atoms with Crippen LogP contribution < -0.4 is 0 Å². The maximum absolute atomic E-state index is 4.07. The molecule has 0 aromatic carbocycles. The fourth-order valence-electron chi connectivity index (χ4n) is 2.88. The first-order valence-corrected chi connectivity index (χ1v) is 10.2. The van der Waals surface area contributed by atoms with Gasteiger partial charge in [0.1, 0.15) is 0 Å². The van der Waals surface area contributed by atoms with E-state index >= 15 is 0 Å². The van der Waals surface area contributed by atoms with Gasteiger partial charge in [-0.05, 0) is 18.2 Å². The molecule has 0 amide bonds. The molecule has 0 heterocycles. The molecule has 0 aliphatic carbocycles. The molecule has 0 aliphatic heterocycles. The maximum atomic E-state index is 4.07. The van der Waals surface area contributed by atoms with Crippen molar-refractivity contribution < 1.29 is 0 Å². The highest BCUT2D eigenvalue weighted by Gasteiger charge is 1.94. The zero-order valence-corrected chi connectivity index (χ0v) is 15.5. The molecule has 0 rings (SSSR count). The van der Waals surface area contributed by atoms with Gasteiger partial charge in [0.05, 0.1) is 0 Å². The Morgan fingerprint density at radius 3 is 1.19 bits per heavy atom. The Hall–Kier alpha value is 0.0900. The average Bonchev–Trinajstić information content (AvgIpc) is 2.50. The molecular formula is C20H40S. The zero-order valence-electron chi connectivity index (χ0n) is 14.6. The molecular weight excluding hydrogens is 272 g/mol.